The highest BCUT2D eigenvalue weighted by Crippen LogP contribution is 2.37. The predicted molar refractivity (Wildman–Crippen MR) is 86.5 cm³/mol. The Hall–Kier alpha value is -1.40. The second kappa shape index (κ2) is 5.77. The van der Waals surface area contributed by atoms with Crippen molar-refractivity contribution >= 4 is 33.1 Å². The molecule has 0 bridgehead atoms. The monoisotopic (exact) mass is 304 g/mol. The largest absolute Gasteiger partial charge is 0.378 e. The molecule has 2 aromatic heterocycles. The van der Waals surface area contributed by atoms with Crippen LogP contribution in [0.5, 0.6) is 0 Å². The number of nitrogens with zero attached hydrogens (tertiary/aromatic N) is 4. The fourth-order valence-electron chi connectivity index (χ4n) is 3.19. The fourth-order valence-corrected chi connectivity index (χ4v) is 4.23. The summed E-state index contributed by atoms with van der Waals surface area (Å²) >= 11 is 1.78. The van der Waals surface area contributed by atoms with Crippen LogP contribution in [0.25, 0.3) is 10.2 Å². The minimum Gasteiger partial charge on any atom is -0.378 e. The average Bonchev–Trinajstić information content (AvgIpc) is 3.00. The van der Waals surface area contributed by atoms with Crippen molar-refractivity contribution < 1.29 is 4.74 Å². The van der Waals surface area contributed by atoms with Crippen molar-refractivity contribution in [1.82, 2.24) is 9.97 Å². The molecule has 0 atom stereocenters. The number of anilines is 2. The molecule has 0 amide bonds. The van der Waals surface area contributed by atoms with E-state index >= 15 is 0 Å². The maximum Gasteiger partial charge on any atom is 0.150 e. The molecule has 2 fully saturated rings. The van der Waals surface area contributed by atoms with Gasteiger partial charge in [-0.2, -0.15) is 0 Å². The van der Waals surface area contributed by atoms with Gasteiger partial charge in [-0.15, -0.1) is 11.3 Å². The first-order chi connectivity index (χ1) is 10.4. The summed E-state index contributed by atoms with van der Waals surface area (Å²) < 4.78 is 6.69. The van der Waals surface area contributed by atoms with Crippen LogP contribution in [0, 0.1) is 0 Å². The molecular formula is C15H20N4OS. The number of aromatic nitrogens is 2. The molecule has 5 nitrogen and oxygen atoms in total. The topological polar surface area (TPSA) is 41.5 Å². The molecule has 2 aliphatic heterocycles. The van der Waals surface area contributed by atoms with E-state index in [-0.39, 0.29) is 0 Å². The van der Waals surface area contributed by atoms with E-state index in [1.54, 1.807) is 17.7 Å². The molecule has 0 saturated carbocycles. The third-order valence-corrected chi connectivity index (χ3v) is 5.28. The molecule has 6 heteroatoms. The zero-order chi connectivity index (χ0) is 14.1. The summed E-state index contributed by atoms with van der Waals surface area (Å²) in [6.45, 7) is 5.76. The Labute approximate surface area is 128 Å². The summed E-state index contributed by atoms with van der Waals surface area (Å²) in [4.78, 5) is 13.9. The summed E-state index contributed by atoms with van der Waals surface area (Å²) in [5.41, 5.74) is 2.36. The van der Waals surface area contributed by atoms with Gasteiger partial charge in [0.2, 0.25) is 0 Å². The molecule has 0 unspecified atom stereocenters. The van der Waals surface area contributed by atoms with Crippen LogP contribution in [0.15, 0.2) is 11.7 Å². The van der Waals surface area contributed by atoms with Crippen LogP contribution in [-0.2, 0) is 4.74 Å². The Morgan fingerprint density at radius 2 is 1.76 bits per heavy atom. The van der Waals surface area contributed by atoms with Gasteiger partial charge in [0.15, 0.2) is 0 Å². The normalized spacial score (nSPS) is 20.2. The highest BCUT2D eigenvalue weighted by Gasteiger charge is 2.21. The Morgan fingerprint density at radius 1 is 0.952 bits per heavy atom. The van der Waals surface area contributed by atoms with Crippen molar-refractivity contribution in [2.45, 2.75) is 19.3 Å². The number of hydrogen-bond acceptors (Lipinski definition) is 6. The molecule has 4 heterocycles. The number of hydrogen-bond donors (Lipinski definition) is 0. The van der Waals surface area contributed by atoms with Crippen molar-refractivity contribution in [2.24, 2.45) is 0 Å². The van der Waals surface area contributed by atoms with E-state index in [0.29, 0.717) is 0 Å². The van der Waals surface area contributed by atoms with E-state index in [1.807, 2.05) is 0 Å². The summed E-state index contributed by atoms with van der Waals surface area (Å²) in [7, 11) is 0. The van der Waals surface area contributed by atoms with Crippen molar-refractivity contribution in [2.75, 3.05) is 49.2 Å². The van der Waals surface area contributed by atoms with E-state index in [2.05, 4.69) is 25.1 Å². The second-order valence-corrected chi connectivity index (χ2v) is 6.52. The van der Waals surface area contributed by atoms with Gasteiger partial charge in [0.25, 0.3) is 0 Å². The minimum atomic E-state index is 0.807. The summed E-state index contributed by atoms with van der Waals surface area (Å²) in [5.74, 6) is 1.13. The SMILES string of the molecule is c1nc(N2CCCCC2)c2scc(N3CCOCC3)c2n1. The molecule has 2 aromatic rings. The quantitative estimate of drug-likeness (QED) is 0.853. The number of ether oxygens (including phenoxy) is 1. The van der Waals surface area contributed by atoms with Crippen LogP contribution < -0.4 is 9.80 Å². The lowest BCUT2D eigenvalue weighted by Crippen LogP contribution is -2.36. The van der Waals surface area contributed by atoms with E-state index in [4.69, 9.17) is 4.74 Å². The van der Waals surface area contributed by atoms with Gasteiger partial charge in [-0.05, 0) is 19.3 Å². The smallest absolute Gasteiger partial charge is 0.150 e. The van der Waals surface area contributed by atoms with E-state index in [1.165, 1.54) is 29.6 Å². The molecule has 0 N–H and O–H groups in total. The number of morpholine rings is 1. The first-order valence-corrected chi connectivity index (χ1v) is 8.61. The Balaban J connectivity index is 1.71. The van der Waals surface area contributed by atoms with Gasteiger partial charge < -0.3 is 14.5 Å². The molecule has 0 aliphatic carbocycles. The van der Waals surface area contributed by atoms with E-state index in [9.17, 15) is 0 Å². The predicted octanol–water partition coefficient (Wildman–Crippen LogP) is 2.52. The molecule has 0 radical (unpaired) electrons. The lowest BCUT2D eigenvalue weighted by molar-refractivity contribution is 0.123. The number of thiophene rings is 1. The molecule has 4 rings (SSSR count). The van der Waals surface area contributed by atoms with Gasteiger partial charge in [0.1, 0.15) is 17.7 Å². The lowest BCUT2D eigenvalue weighted by Gasteiger charge is -2.29. The summed E-state index contributed by atoms with van der Waals surface area (Å²) in [6.07, 6.45) is 5.61. The van der Waals surface area contributed by atoms with E-state index in [0.717, 1.165) is 50.7 Å². The summed E-state index contributed by atoms with van der Waals surface area (Å²) in [5, 5.41) is 2.23. The molecule has 0 aromatic carbocycles. The zero-order valence-electron chi connectivity index (χ0n) is 12.1. The van der Waals surface area contributed by atoms with Crippen molar-refractivity contribution in [3.05, 3.63) is 11.7 Å². The highest BCUT2D eigenvalue weighted by atomic mass is 32.1. The van der Waals surface area contributed by atoms with Crippen molar-refractivity contribution in [3.8, 4) is 0 Å². The average molecular weight is 304 g/mol. The number of fused-ring (bicyclic) bond motifs is 1. The lowest BCUT2D eigenvalue weighted by atomic mass is 10.1. The van der Waals surface area contributed by atoms with Crippen molar-refractivity contribution in [1.29, 1.82) is 0 Å². The van der Waals surface area contributed by atoms with Crippen LogP contribution in [0.2, 0.25) is 0 Å². The van der Waals surface area contributed by atoms with E-state index < -0.39 is 0 Å². The van der Waals surface area contributed by atoms with Crippen LogP contribution in [0.4, 0.5) is 11.5 Å². The maximum atomic E-state index is 5.45. The van der Waals surface area contributed by atoms with Gasteiger partial charge in [0, 0.05) is 31.6 Å². The van der Waals surface area contributed by atoms with Crippen LogP contribution in [0.3, 0.4) is 0 Å². The number of rotatable bonds is 2. The van der Waals surface area contributed by atoms with Gasteiger partial charge in [-0.25, -0.2) is 9.97 Å². The number of piperidine rings is 1. The van der Waals surface area contributed by atoms with Gasteiger partial charge in [0.05, 0.1) is 23.6 Å². The summed E-state index contributed by atoms with van der Waals surface area (Å²) in [6, 6.07) is 0. The molecule has 21 heavy (non-hydrogen) atoms. The Morgan fingerprint density at radius 3 is 2.57 bits per heavy atom. The molecule has 0 spiro atoms. The first-order valence-electron chi connectivity index (χ1n) is 7.73. The van der Waals surface area contributed by atoms with Gasteiger partial charge in [-0.1, -0.05) is 0 Å². The maximum absolute atomic E-state index is 5.45. The molecule has 2 aliphatic rings. The highest BCUT2D eigenvalue weighted by molar-refractivity contribution is 7.18. The van der Waals surface area contributed by atoms with Crippen LogP contribution >= 0.6 is 11.3 Å². The molecule has 112 valence electrons. The molecule has 2 saturated heterocycles. The first kappa shape index (κ1) is 13.3. The van der Waals surface area contributed by atoms with Crippen LogP contribution in [0.1, 0.15) is 19.3 Å². The van der Waals surface area contributed by atoms with Crippen molar-refractivity contribution in [3.63, 3.8) is 0 Å². The van der Waals surface area contributed by atoms with Gasteiger partial charge in [-0.3, -0.25) is 0 Å². The Kier molecular flexibility index (Phi) is 3.65. The minimum absolute atomic E-state index is 0.807. The van der Waals surface area contributed by atoms with Gasteiger partial charge >= 0.3 is 0 Å². The second-order valence-electron chi connectivity index (χ2n) is 5.64. The Bertz CT molecular complexity index is 617. The fraction of sp³-hybridized carbons (Fsp3) is 0.600. The van der Waals surface area contributed by atoms with Crippen LogP contribution in [-0.4, -0.2) is 49.4 Å². The third-order valence-electron chi connectivity index (χ3n) is 4.32. The standard InChI is InChI=1S/C15H20N4OS/c1-2-4-19(5-3-1)15-14-13(16-11-17-15)12(10-21-14)18-6-8-20-9-7-18/h10-11H,1-9H2. The molecular weight excluding hydrogens is 284 g/mol. The third kappa shape index (κ3) is 2.46. The zero-order valence-corrected chi connectivity index (χ0v) is 12.9.